The van der Waals surface area contributed by atoms with E-state index in [2.05, 4.69) is 5.32 Å². The summed E-state index contributed by atoms with van der Waals surface area (Å²) in [7, 11) is -3.53. The normalized spacial score (nSPS) is 16.8. The second-order valence-electron chi connectivity index (χ2n) is 6.17. The number of hydrogen-bond acceptors (Lipinski definition) is 3. The number of sulfonamides is 1. The molecule has 0 unspecified atom stereocenters. The van der Waals surface area contributed by atoms with Crippen LogP contribution < -0.4 is 9.62 Å². The van der Waals surface area contributed by atoms with Crippen molar-refractivity contribution in [1.29, 1.82) is 0 Å². The molecule has 1 N–H and O–H groups in total. The predicted molar refractivity (Wildman–Crippen MR) is 98.4 cm³/mol. The molecule has 24 heavy (non-hydrogen) atoms. The maximum Gasteiger partial charge on any atom is 0.264 e. The maximum atomic E-state index is 13.2. The van der Waals surface area contributed by atoms with Crippen LogP contribution in [-0.2, 0) is 29.4 Å². The summed E-state index contributed by atoms with van der Waals surface area (Å²) in [6, 6.07) is 13.4. The molecule has 2 aromatic carbocycles. The van der Waals surface area contributed by atoms with Crippen molar-refractivity contribution in [1.82, 2.24) is 5.32 Å². The van der Waals surface area contributed by atoms with E-state index in [4.69, 9.17) is 0 Å². The van der Waals surface area contributed by atoms with Crippen LogP contribution in [0.3, 0.4) is 0 Å². The molecule has 1 aliphatic heterocycles. The molecule has 2 aromatic rings. The van der Waals surface area contributed by atoms with Crippen LogP contribution in [0, 0.1) is 0 Å². The van der Waals surface area contributed by atoms with E-state index in [1.165, 1.54) is 11.1 Å². The van der Waals surface area contributed by atoms with Crippen LogP contribution in [0.5, 0.6) is 0 Å². The van der Waals surface area contributed by atoms with E-state index < -0.39 is 10.0 Å². The fourth-order valence-corrected chi connectivity index (χ4v) is 5.07. The quantitative estimate of drug-likeness (QED) is 0.891. The average Bonchev–Trinajstić information content (AvgIpc) is 2.92. The topological polar surface area (TPSA) is 49.4 Å². The Morgan fingerprint density at radius 1 is 0.958 bits per heavy atom. The van der Waals surface area contributed by atoms with E-state index in [1.54, 1.807) is 10.4 Å². The highest BCUT2D eigenvalue weighted by Crippen LogP contribution is 2.30. The van der Waals surface area contributed by atoms with Gasteiger partial charge in [-0.1, -0.05) is 24.3 Å². The van der Waals surface area contributed by atoms with Crippen molar-refractivity contribution < 1.29 is 8.42 Å². The molecule has 0 fully saturated rings. The molecule has 128 valence electrons. The van der Waals surface area contributed by atoms with Crippen LogP contribution in [0.1, 0.15) is 23.1 Å². The van der Waals surface area contributed by atoms with E-state index in [1.807, 2.05) is 36.4 Å². The Kier molecular flexibility index (Phi) is 4.85. The highest BCUT2D eigenvalue weighted by atomic mass is 35.5. The number of fused-ring (bicyclic) bond motifs is 2. The largest absolute Gasteiger partial charge is 0.311 e. The van der Waals surface area contributed by atoms with Crippen molar-refractivity contribution in [2.75, 3.05) is 17.4 Å². The minimum Gasteiger partial charge on any atom is -0.311 e. The van der Waals surface area contributed by atoms with Crippen LogP contribution in [0.15, 0.2) is 47.4 Å². The lowest BCUT2D eigenvalue weighted by molar-refractivity contribution is 0.589. The summed E-state index contributed by atoms with van der Waals surface area (Å²) in [5.41, 5.74) is 4.29. The Morgan fingerprint density at radius 2 is 1.75 bits per heavy atom. The summed E-state index contributed by atoms with van der Waals surface area (Å²) in [4.78, 5) is 0.412. The number of rotatable bonds is 2. The minimum atomic E-state index is -3.53. The molecule has 4 rings (SSSR count). The van der Waals surface area contributed by atoms with Crippen molar-refractivity contribution in [2.45, 2.75) is 30.7 Å². The smallest absolute Gasteiger partial charge is 0.264 e. The van der Waals surface area contributed by atoms with Gasteiger partial charge in [-0.25, -0.2) is 8.42 Å². The average molecular weight is 365 g/mol. The Hall–Kier alpha value is -1.56. The SMILES string of the molecule is Cl.O=S(=O)(c1ccc2c(c1)CCC2)N1CCNCc2ccccc21. The number of anilines is 1. The van der Waals surface area contributed by atoms with Crippen molar-refractivity contribution in [2.24, 2.45) is 0 Å². The molecule has 0 spiro atoms. The van der Waals surface area contributed by atoms with E-state index in [0.29, 0.717) is 24.5 Å². The van der Waals surface area contributed by atoms with Gasteiger partial charge in [0.05, 0.1) is 10.6 Å². The molecule has 1 aliphatic carbocycles. The lowest BCUT2D eigenvalue weighted by Crippen LogP contribution is -2.34. The molecule has 6 heteroatoms. The van der Waals surface area contributed by atoms with Crippen molar-refractivity contribution in [3.63, 3.8) is 0 Å². The van der Waals surface area contributed by atoms with Crippen LogP contribution in [-0.4, -0.2) is 21.5 Å². The molecule has 0 amide bonds. The van der Waals surface area contributed by atoms with Gasteiger partial charge in [-0.05, 0) is 54.2 Å². The number of nitrogens with zero attached hydrogens (tertiary/aromatic N) is 1. The Morgan fingerprint density at radius 3 is 2.62 bits per heavy atom. The molecule has 2 aliphatic rings. The predicted octanol–water partition coefficient (Wildman–Crippen LogP) is 2.90. The maximum absolute atomic E-state index is 13.2. The molecule has 0 radical (unpaired) electrons. The fourth-order valence-electron chi connectivity index (χ4n) is 3.51. The second kappa shape index (κ2) is 6.75. The molecule has 0 saturated carbocycles. The first kappa shape index (κ1) is 17.3. The van der Waals surface area contributed by atoms with Gasteiger partial charge in [-0.2, -0.15) is 0 Å². The molecule has 0 aromatic heterocycles. The Balaban J connectivity index is 0.00000169. The number of para-hydroxylation sites is 1. The first-order valence-corrected chi connectivity index (χ1v) is 9.53. The van der Waals surface area contributed by atoms with Crippen LogP contribution in [0.25, 0.3) is 0 Å². The summed E-state index contributed by atoms with van der Waals surface area (Å²) in [5, 5.41) is 3.29. The van der Waals surface area contributed by atoms with Gasteiger partial charge in [0, 0.05) is 19.6 Å². The molecule has 0 bridgehead atoms. The van der Waals surface area contributed by atoms with Gasteiger partial charge in [0.2, 0.25) is 0 Å². The first-order valence-electron chi connectivity index (χ1n) is 8.09. The van der Waals surface area contributed by atoms with Crippen LogP contribution >= 0.6 is 12.4 Å². The molecule has 0 atom stereocenters. The minimum absolute atomic E-state index is 0. The molecular weight excluding hydrogens is 344 g/mol. The van der Waals surface area contributed by atoms with Crippen LogP contribution in [0.4, 0.5) is 5.69 Å². The summed E-state index contributed by atoms with van der Waals surface area (Å²) in [6.45, 7) is 1.81. The summed E-state index contributed by atoms with van der Waals surface area (Å²) in [6.07, 6.45) is 3.16. The zero-order valence-electron chi connectivity index (χ0n) is 13.4. The third kappa shape index (κ3) is 2.92. The first-order chi connectivity index (χ1) is 11.2. The highest BCUT2D eigenvalue weighted by molar-refractivity contribution is 7.92. The van der Waals surface area contributed by atoms with Crippen molar-refractivity contribution in [3.8, 4) is 0 Å². The molecular formula is C18H21ClN2O2S. The van der Waals surface area contributed by atoms with E-state index in [9.17, 15) is 8.42 Å². The number of benzene rings is 2. The van der Waals surface area contributed by atoms with Crippen LogP contribution in [0.2, 0.25) is 0 Å². The van der Waals surface area contributed by atoms with Gasteiger partial charge in [-0.15, -0.1) is 12.4 Å². The summed E-state index contributed by atoms with van der Waals surface area (Å²) >= 11 is 0. The zero-order valence-corrected chi connectivity index (χ0v) is 15.0. The molecule has 1 heterocycles. The van der Waals surface area contributed by atoms with E-state index in [-0.39, 0.29) is 12.4 Å². The Labute approximate surface area is 149 Å². The standard InChI is InChI=1S/C18H20N2O2S.ClH/c21-23(22,17-9-8-14-5-3-6-15(14)12-17)20-11-10-19-13-16-4-1-2-7-18(16)20;/h1-2,4,7-9,12,19H,3,5-6,10-11,13H2;1H. The van der Waals surface area contributed by atoms with Gasteiger partial charge in [0.1, 0.15) is 0 Å². The number of nitrogens with one attached hydrogen (secondary N) is 1. The third-order valence-electron chi connectivity index (χ3n) is 4.73. The summed E-state index contributed by atoms with van der Waals surface area (Å²) in [5.74, 6) is 0. The van der Waals surface area contributed by atoms with E-state index >= 15 is 0 Å². The van der Waals surface area contributed by atoms with Gasteiger partial charge in [0.25, 0.3) is 10.0 Å². The lowest BCUT2D eigenvalue weighted by atomic mass is 10.1. The summed E-state index contributed by atoms with van der Waals surface area (Å²) < 4.78 is 28.0. The number of hydrogen-bond donors (Lipinski definition) is 1. The van der Waals surface area contributed by atoms with Gasteiger partial charge < -0.3 is 5.32 Å². The Bertz CT molecular complexity index is 852. The van der Waals surface area contributed by atoms with E-state index in [0.717, 1.165) is 30.5 Å². The van der Waals surface area contributed by atoms with Gasteiger partial charge in [0.15, 0.2) is 0 Å². The van der Waals surface area contributed by atoms with Crippen molar-refractivity contribution >= 4 is 28.1 Å². The van der Waals surface area contributed by atoms with Gasteiger partial charge in [-0.3, -0.25) is 4.31 Å². The fraction of sp³-hybridized carbons (Fsp3) is 0.333. The second-order valence-corrected chi connectivity index (χ2v) is 8.03. The third-order valence-corrected chi connectivity index (χ3v) is 6.53. The monoisotopic (exact) mass is 364 g/mol. The lowest BCUT2D eigenvalue weighted by Gasteiger charge is -2.24. The van der Waals surface area contributed by atoms with Gasteiger partial charge >= 0.3 is 0 Å². The van der Waals surface area contributed by atoms with Crippen molar-refractivity contribution in [3.05, 3.63) is 59.2 Å². The molecule has 0 saturated heterocycles. The highest BCUT2D eigenvalue weighted by Gasteiger charge is 2.28. The number of aryl methyl sites for hydroxylation is 2. The number of halogens is 1. The zero-order chi connectivity index (χ0) is 15.9. The molecule has 4 nitrogen and oxygen atoms in total.